The minimum absolute atomic E-state index is 0.568. The minimum atomic E-state index is 0.568. The standard InChI is InChI=1S/C7H9BrO2/c8-3-5-9-6-7-2-1-4-10-7/h1-2,4H,3,5-6H2. The van der Waals surface area contributed by atoms with Gasteiger partial charge in [-0.3, -0.25) is 0 Å². The number of furan rings is 1. The van der Waals surface area contributed by atoms with Crippen molar-refractivity contribution in [3.05, 3.63) is 24.2 Å². The van der Waals surface area contributed by atoms with E-state index >= 15 is 0 Å². The van der Waals surface area contributed by atoms with Gasteiger partial charge in [-0.15, -0.1) is 0 Å². The molecule has 0 N–H and O–H groups in total. The van der Waals surface area contributed by atoms with E-state index in [1.54, 1.807) is 6.26 Å². The summed E-state index contributed by atoms with van der Waals surface area (Å²) in [5.41, 5.74) is 0. The van der Waals surface area contributed by atoms with E-state index in [9.17, 15) is 0 Å². The van der Waals surface area contributed by atoms with Crippen LogP contribution in [-0.2, 0) is 11.3 Å². The second-order valence-corrected chi connectivity index (χ2v) is 2.61. The topological polar surface area (TPSA) is 22.4 Å². The number of hydrogen-bond donors (Lipinski definition) is 0. The van der Waals surface area contributed by atoms with Gasteiger partial charge >= 0.3 is 0 Å². The second-order valence-electron chi connectivity index (χ2n) is 1.82. The molecule has 0 spiro atoms. The Morgan fingerprint density at radius 1 is 1.60 bits per heavy atom. The van der Waals surface area contributed by atoms with E-state index in [-0.39, 0.29) is 0 Å². The van der Waals surface area contributed by atoms with Crippen molar-refractivity contribution < 1.29 is 9.15 Å². The summed E-state index contributed by atoms with van der Waals surface area (Å²) in [6, 6.07) is 3.75. The van der Waals surface area contributed by atoms with Crippen LogP contribution in [0.2, 0.25) is 0 Å². The first-order valence-electron chi connectivity index (χ1n) is 3.09. The highest BCUT2D eigenvalue weighted by Crippen LogP contribution is 2.01. The Bertz CT molecular complexity index is 160. The number of alkyl halides is 1. The van der Waals surface area contributed by atoms with Crippen LogP contribution >= 0.6 is 15.9 Å². The number of hydrogen-bond acceptors (Lipinski definition) is 2. The largest absolute Gasteiger partial charge is 0.467 e. The normalized spacial score (nSPS) is 10.1. The smallest absolute Gasteiger partial charge is 0.129 e. The molecule has 0 unspecified atom stereocenters. The Labute approximate surface area is 68.3 Å². The van der Waals surface area contributed by atoms with Crippen molar-refractivity contribution in [2.24, 2.45) is 0 Å². The minimum Gasteiger partial charge on any atom is -0.467 e. The quantitative estimate of drug-likeness (QED) is 0.555. The van der Waals surface area contributed by atoms with Gasteiger partial charge in [-0.2, -0.15) is 0 Å². The zero-order chi connectivity index (χ0) is 7.23. The molecule has 0 saturated heterocycles. The maximum atomic E-state index is 5.19. The van der Waals surface area contributed by atoms with Gasteiger partial charge in [0, 0.05) is 5.33 Å². The molecule has 0 radical (unpaired) electrons. The molecule has 1 aromatic heterocycles. The van der Waals surface area contributed by atoms with Crippen LogP contribution in [0.3, 0.4) is 0 Å². The zero-order valence-electron chi connectivity index (χ0n) is 5.55. The fourth-order valence-corrected chi connectivity index (χ4v) is 0.851. The first-order chi connectivity index (χ1) is 4.93. The molecule has 0 aliphatic heterocycles. The van der Waals surface area contributed by atoms with Crippen molar-refractivity contribution >= 4 is 15.9 Å². The highest BCUT2D eigenvalue weighted by atomic mass is 79.9. The molecular formula is C7H9BrO2. The lowest BCUT2D eigenvalue weighted by atomic mass is 10.5. The Hall–Kier alpha value is -0.280. The molecule has 1 rings (SSSR count). The van der Waals surface area contributed by atoms with Crippen LogP contribution in [0.5, 0.6) is 0 Å². The molecule has 0 aliphatic rings. The van der Waals surface area contributed by atoms with E-state index in [2.05, 4.69) is 15.9 Å². The highest BCUT2D eigenvalue weighted by molar-refractivity contribution is 9.09. The molecule has 10 heavy (non-hydrogen) atoms. The van der Waals surface area contributed by atoms with Gasteiger partial charge in [-0.25, -0.2) is 0 Å². The predicted molar refractivity (Wildman–Crippen MR) is 42.2 cm³/mol. The predicted octanol–water partition coefficient (Wildman–Crippen LogP) is 2.19. The van der Waals surface area contributed by atoms with Crippen molar-refractivity contribution in [1.82, 2.24) is 0 Å². The van der Waals surface area contributed by atoms with E-state index in [1.807, 2.05) is 12.1 Å². The van der Waals surface area contributed by atoms with Crippen LogP contribution in [0.1, 0.15) is 5.76 Å². The van der Waals surface area contributed by atoms with E-state index < -0.39 is 0 Å². The van der Waals surface area contributed by atoms with E-state index in [1.165, 1.54) is 0 Å². The number of ether oxygens (including phenoxy) is 1. The third-order valence-electron chi connectivity index (χ3n) is 1.05. The Morgan fingerprint density at radius 2 is 2.50 bits per heavy atom. The summed E-state index contributed by atoms with van der Waals surface area (Å²) < 4.78 is 10.2. The molecule has 0 saturated carbocycles. The molecule has 2 nitrogen and oxygen atoms in total. The molecular weight excluding hydrogens is 196 g/mol. The lowest BCUT2D eigenvalue weighted by Gasteiger charge is -1.96. The van der Waals surface area contributed by atoms with E-state index in [0.717, 1.165) is 17.7 Å². The van der Waals surface area contributed by atoms with Gasteiger partial charge in [0.1, 0.15) is 12.4 Å². The number of halogens is 1. The summed E-state index contributed by atoms with van der Waals surface area (Å²) in [4.78, 5) is 0. The molecule has 56 valence electrons. The summed E-state index contributed by atoms with van der Waals surface area (Å²) >= 11 is 3.26. The highest BCUT2D eigenvalue weighted by Gasteiger charge is 1.92. The van der Waals surface area contributed by atoms with E-state index in [4.69, 9.17) is 9.15 Å². The maximum Gasteiger partial charge on any atom is 0.129 e. The van der Waals surface area contributed by atoms with Crippen molar-refractivity contribution in [2.45, 2.75) is 6.61 Å². The molecule has 3 heteroatoms. The van der Waals surface area contributed by atoms with Gasteiger partial charge in [0.25, 0.3) is 0 Å². The lowest BCUT2D eigenvalue weighted by Crippen LogP contribution is -1.94. The SMILES string of the molecule is BrCCOCc1ccco1. The average molecular weight is 205 g/mol. The molecule has 0 amide bonds. The molecule has 1 heterocycles. The fourth-order valence-electron chi connectivity index (χ4n) is 0.622. The van der Waals surface area contributed by atoms with Crippen LogP contribution in [0.25, 0.3) is 0 Å². The van der Waals surface area contributed by atoms with Crippen molar-refractivity contribution in [3.63, 3.8) is 0 Å². The molecule has 0 atom stereocenters. The first-order valence-corrected chi connectivity index (χ1v) is 4.21. The van der Waals surface area contributed by atoms with Crippen LogP contribution in [-0.4, -0.2) is 11.9 Å². The van der Waals surface area contributed by atoms with Gasteiger partial charge in [-0.05, 0) is 12.1 Å². The van der Waals surface area contributed by atoms with Gasteiger partial charge in [0.2, 0.25) is 0 Å². The third kappa shape index (κ3) is 2.54. The first kappa shape index (κ1) is 7.82. The van der Waals surface area contributed by atoms with Crippen molar-refractivity contribution in [1.29, 1.82) is 0 Å². The Kier molecular flexibility index (Phi) is 3.54. The second kappa shape index (κ2) is 4.52. The zero-order valence-corrected chi connectivity index (χ0v) is 7.13. The Morgan fingerprint density at radius 3 is 3.10 bits per heavy atom. The average Bonchev–Trinajstić information content (AvgIpc) is 2.41. The van der Waals surface area contributed by atoms with Gasteiger partial charge in [-0.1, -0.05) is 15.9 Å². The lowest BCUT2D eigenvalue weighted by molar-refractivity contribution is 0.121. The van der Waals surface area contributed by atoms with Crippen molar-refractivity contribution in [3.8, 4) is 0 Å². The van der Waals surface area contributed by atoms with Crippen LogP contribution in [0, 0.1) is 0 Å². The molecule has 1 aromatic rings. The van der Waals surface area contributed by atoms with Gasteiger partial charge in [0.15, 0.2) is 0 Å². The van der Waals surface area contributed by atoms with Crippen molar-refractivity contribution in [2.75, 3.05) is 11.9 Å². The summed E-state index contributed by atoms with van der Waals surface area (Å²) in [5.74, 6) is 0.876. The molecule has 0 aromatic carbocycles. The number of rotatable bonds is 4. The van der Waals surface area contributed by atoms with Crippen LogP contribution in [0.4, 0.5) is 0 Å². The van der Waals surface area contributed by atoms with Crippen LogP contribution in [0.15, 0.2) is 22.8 Å². The molecule has 0 bridgehead atoms. The monoisotopic (exact) mass is 204 g/mol. The fraction of sp³-hybridized carbons (Fsp3) is 0.429. The summed E-state index contributed by atoms with van der Waals surface area (Å²) in [6.45, 7) is 1.29. The Balaban J connectivity index is 2.15. The molecule has 0 fully saturated rings. The molecule has 0 aliphatic carbocycles. The van der Waals surface area contributed by atoms with Gasteiger partial charge in [0.05, 0.1) is 12.9 Å². The van der Waals surface area contributed by atoms with E-state index in [0.29, 0.717) is 6.61 Å². The summed E-state index contributed by atoms with van der Waals surface area (Å²) in [7, 11) is 0. The third-order valence-corrected chi connectivity index (χ3v) is 1.37. The maximum absolute atomic E-state index is 5.19. The van der Waals surface area contributed by atoms with Crippen LogP contribution < -0.4 is 0 Å². The summed E-state index contributed by atoms with van der Waals surface area (Å²) in [6.07, 6.45) is 1.65. The summed E-state index contributed by atoms with van der Waals surface area (Å²) in [5, 5.41) is 0.869. The van der Waals surface area contributed by atoms with Gasteiger partial charge < -0.3 is 9.15 Å².